The Morgan fingerprint density at radius 2 is 2.26 bits per heavy atom. The van der Waals surface area contributed by atoms with Gasteiger partial charge in [0.05, 0.1) is 0 Å². The molecular formula is C13H13FN2O3. The number of aryl methyl sites for hydroxylation is 1. The summed E-state index contributed by atoms with van der Waals surface area (Å²) in [5, 5.41) is 3.70. The lowest BCUT2D eigenvalue weighted by Crippen LogP contribution is -2.00. The van der Waals surface area contributed by atoms with E-state index in [0.717, 1.165) is 6.07 Å². The van der Waals surface area contributed by atoms with Crippen LogP contribution >= 0.6 is 0 Å². The second-order valence-electron chi connectivity index (χ2n) is 3.95. The first-order valence-electron chi connectivity index (χ1n) is 5.85. The van der Waals surface area contributed by atoms with Crippen LogP contribution < -0.4 is 4.74 Å². The molecule has 0 saturated carbocycles. The Morgan fingerprint density at radius 3 is 2.84 bits per heavy atom. The third kappa shape index (κ3) is 3.15. The van der Waals surface area contributed by atoms with E-state index in [2.05, 4.69) is 10.1 Å². The molecule has 1 aromatic carbocycles. The number of halogens is 1. The molecule has 1 heterocycles. The van der Waals surface area contributed by atoms with Gasteiger partial charge in [0.15, 0.2) is 29.8 Å². The number of rotatable bonds is 5. The quantitative estimate of drug-likeness (QED) is 0.776. The van der Waals surface area contributed by atoms with Crippen molar-refractivity contribution in [1.82, 2.24) is 10.1 Å². The molecule has 5 nitrogen and oxygen atoms in total. The molecule has 0 fully saturated rings. The maximum atomic E-state index is 13.6. The first kappa shape index (κ1) is 13.2. The third-order valence-corrected chi connectivity index (χ3v) is 2.52. The van der Waals surface area contributed by atoms with Gasteiger partial charge in [0.2, 0.25) is 0 Å². The number of aromatic nitrogens is 2. The Morgan fingerprint density at radius 1 is 1.47 bits per heavy atom. The van der Waals surface area contributed by atoms with Crippen LogP contribution in [0.15, 0.2) is 22.7 Å². The molecule has 0 aliphatic rings. The highest BCUT2D eigenvalue weighted by molar-refractivity contribution is 5.94. The number of nitrogens with zero attached hydrogens (tertiary/aromatic N) is 2. The van der Waals surface area contributed by atoms with E-state index in [0.29, 0.717) is 17.8 Å². The Balaban J connectivity index is 2.05. The molecule has 0 aliphatic heterocycles. The van der Waals surface area contributed by atoms with Crippen molar-refractivity contribution < 1.29 is 18.4 Å². The third-order valence-electron chi connectivity index (χ3n) is 2.52. The number of carbonyl (C=O) groups is 1. The highest BCUT2D eigenvalue weighted by Gasteiger charge is 2.10. The Bertz CT molecular complexity index is 595. The summed E-state index contributed by atoms with van der Waals surface area (Å²) in [6, 6.07) is 4.05. The second kappa shape index (κ2) is 5.60. The van der Waals surface area contributed by atoms with Crippen LogP contribution in [0, 0.1) is 5.82 Å². The summed E-state index contributed by atoms with van der Waals surface area (Å²) in [6.45, 7) is 3.26. The van der Waals surface area contributed by atoms with E-state index < -0.39 is 5.82 Å². The molecule has 100 valence electrons. The van der Waals surface area contributed by atoms with Crippen LogP contribution in [-0.4, -0.2) is 15.9 Å². The smallest absolute Gasteiger partial charge is 0.264 e. The molecule has 1 aromatic heterocycles. The molecule has 19 heavy (non-hydrogen) atoms. The molecule has 0 spiro atoms. The van der Waals surface area contributed by atoms with Crippen molar-refractivity contribution in [3.8, 4) is 5.75 Å². The van der Waals surface area contributed by atoms with Gasteiger partial charge >= 0.3 is 0 Å². The minimum Gasteiger partial charge on any atom is -0.481 e. The van der Waals surface area contributed by atoms with E-state index >= 15 is 0 Å². The predicted octanol–water partition coefficient (Wildman–Crippen LogP) is 2.55. The summed E-state index contributed by atoms with van der Waals surface area (Å²) in [6.07, 6.45) is 0.658. The minimum atomic E-state index is -0.595. The van der Waals surface area contributed by atoms with Gasteiger partial charge in [0, 0.05) is 12.0 Å². The standard InChI is InChI=1S/C13H13FN2O3/c1-3-12-15-13(19-16-12)7-18-11-5-4-9(8(2)17)6-10(11)14/h4-6H,3,7H2,1-2H3. The van der Waals surface area contributed by atoms with Crippen molar-refractivity contribution in [2.45, 2.75) is 26.9 Å². The number of Topliss-reactive ketones (excluding diaryl/α,β-unsaturated/α-hetero) is 1. The van der Waals surface area contributed by atoms with Crippen LogP contribution in [0.5, 0.6) is 5.75 Å². The molecule has 2 aromatic rings. The lowest BCUT2D eigenvalue weighted by Gasteiger charge is -2.05. The molecule has 2 rings (SSSR count). The molecule has 0 amide bonds. The van der Waals surface area contributed by atoms with Crippen molar-refractivity contribution >= 4 is 5.78 Å². The van der Waals surface area contributed by atoms with E-state index in [-0.39, 0.29) is 24.0 Å². The molecule has 0 atom stereocenters. The van der Waals surface area contributed by atoms with Crippen molar-refractivity contribution in [1.29, 1.82) is 0 Å². The average Bonchev–Trinajstić information content (AvgIpc) is 2.85. The molecular weight excluding hydrogens is 251 g/mol. The maximum Gasteiger partial charge on any atom is 0.264 e. The van der Waals surface area contributed by atoms with Crippen molar-refractivity contribution in [3.05, 3.63) is 41.3 Å². The van der Waals surface area contributed by atoms with Gasteiger partial charge < -0.3 is 9.26 Å². The van der Waals surface area contributed by atoms with Gasteiger partial charge in [-0.3, -0.25) is 4.79 Å². The number of hydrogen-bond acceptors (Lipinski definition) is 5. The summed E-state index contributed by atoms with van der Waals surface area (Å²) < 4.78 is 23.8. The highest BCUT2D eigenvalue weighted by Crippen LogP contribution is 2.19. The fraction of sp³-hybridized carbons (Fsp3) is 0.308. The Hall–Kier alpha value is -2.24. The molecule has 0 radical (unpaired) electrons. The molecule has 0 saturated heterocycles. The zero-order valence-corrected chi connectivity index (χ0v) is 10.6. The van der Waals surface area contributed by atoms with Gasteiger partial charge in [-0.2, -0.15) is 4.98 Å². The Kier molecular flexibility index (Phi) is 3.89. The monoisotopic (exact) mass is 264 g/mol. The predicted molar refractivity (Wildman–Crippen MR) is 64.4 cm³/mol. The molecule has 0 aliphatic carbocycles. The number of carbonyl (C=O) groups excluding carboxylic acids is 1. The summed E-state index contributed by atoms with van der Waals surface area (Å²) in [5.74, 6) is 0.108. The molecule has 0 unspecified atom stereocenters. The van der Waals surface area contributed by atoms with E-state index in [4.69, 9.17) is 9.26 Å². The van der Waals surface area contributed by atoms with Crippen LogP contribution in [0.3, 0.4) is 0 Å². The van der Waals surface area contributed by atoms with Crippen LogP contribution in [0.2, 0.25) is 0 Å². The van der Waals surface area contributed by atoms with Crippen molar-refractivity contribution in [3.63, 3.8) is 0 Å². The van der Waals surface area contributed by atoms with Crippen LogP contribution in [0.1, 0.15) is 35.9 Å². The van der Waals surface area contributed by atoms with Crippen LogP contribution in [0.4, 0.5) is 4.39 Å². The summed E-state index contributed by atoms with van der Waals surface area (Å²) >= 11 is 0. The van der Waals surface area contributed by atoms with Crippen molar-refractivity contribution in [2.75, 3.05) is 0 Å². The van der Waals surface area contributed by atoms with Gasteiger partial charge in [0.25, 0.3) is 5.89 Å². The first-order valence-corrected chi connectivity index (χ1v) is 5.85. The van der Waals surface area contributed by atoms with E-state index in [9.17, 15) is 9.18 Å². The van der Waals surface area contributed by atoms with E-state index in [1.54, 1.807) is 0 Å². The molecule has 0 bridgehead atoms. The largest absolute Gasteiger partial charge is 0.481 e. The molecule has 6 heteroatoms. The van der Waals surface area contributed by atoms with Gasteiger partial charge in [-0.05, 0) is 25.1 Å². The average molecular weight is 264 g/mol. The summed E-state index contributed by atoms with van der Waals surface area (Å²) in [5.41, 5.74) is 0.302. The zero-order valence-electron chi connectivity index (χ0n) is 10.6. The number of ketones is 1. The number of benzene rings is 1. The normalized spacial score (nSPS) is 10.5. The fourth-order valence-corrected chi connectivity index (χ4v) is 1.47. The lowest BCUT2D eigenvalue weighted by molar-refractivity contribution is 0.101. The van der Waals surface area contributed by atoms with Gasteiger partial charge in [0.1, 0.15) is 0 Å². The SMILES string of the molecule is CCc1noc(COc2ccc(C(C)=O)cc2F)n1. The number of ether oxygens (including phenoxy) is 1. The fourth-order valence-electron chi connectivity index (χ4n) is 1.47. The van der Waals surface area contributed by atoms with Crippen LogP contribution in [0.25, 0.3) is 0 Å². The van der Waals surface area contributed by atoms with Gasteiger partial charge in [-0.25, -0.2) is 4.39 Å². The summed E-state index contributed by atoms with van der Waals surface area (Å²) in [7, 11) is 0. The van der Waals surface area contributed by atoms with Gasteiger partial charge in [-0.15, -0.1) is 0 Å². The zero-order chi connectivity index (χ0) is 13.8. The summed E-state index contributed by atoms with van der Waals surface area (Å²) in [4.78, 5) is 15.1. The molecule has 0 N–H and O–H groups in total. The van der Waals surface area contributed by atoms with Gasteiger partial charge in [-0.1, -0.05) is 12.1 Å². The van der Waals surface area contributed by atoms with E-state index in [1.165, 1.54) is 19.1 Å². The minimum absolute atomic E-state index is 0.0106. The van der Waals surface area contributed by atoms with E-state index in [1.807, 2.05) is 6.92 Å². The lowest BCUT2D eigenvalue weighted by atomic mass is 10.1. The number of hydrogen-bond donors (Lipinski definition) is 0. The Labute approximate surface area is 109 Å². The highest BCUT2D eigenvalue weighted by atomic mass is 19.1. The first-order chi connectivity index (χ1) is 9.10. The van der Waals surface area contributed by atoms with Crippen LogP contribution in [-0.2, 0) is 13.0 Å². The second-order valence-corrected chi connectivity index (χ2v) is 3.95. The van der Waals surface area contributed by atoms with Crippen molar-refractivity contribution in [2.24, 2.45) is 0 Å². The maximum absolute atomic E-state index is 13.6. The topological polar surface area (TPSA) is 65.2 Å².